The van der Waals surface area contributed by atoms with Crippen LogP contribution >= 0.6 is 0 Å². The first kappa shape index (κ1) is 14.6. The molecule has 0 saturated heterocycles. The summed E-state index contributed by atoms with van der Waals surface area (Å²) in [6, 6.07) is 11.1. The lowest BCUT2D eigenvalue weighted by molar-refractivity contribution is 0.104. The number of benzene rings is 1. The molecular weight excluding hydrogens is 228 g/mol. The SMILES string of the molecule is CCCC(C(C)C1CCC1)C(C)(C)c1ccccc1. The van der Waals surface area contributed by atoms with E-state index in [1.807, 2.05) is 0 Å². The zero-order valence-electron chi connectivity index (χ0n) is 13.2. The lowest BCUT2D eigenvalue weighted by Crippen LogP contribution is -2.38. The second kappa shape index (κ2) is 6.11. The highest BCUT2D eigenvalue weighted by Gasteiger charge is 2.38. The van der Waals surface area contributed by atoms with E-state index < -0.39 is 0 Å². The molecule has 1 aliphatic rings. The normalized spacial score (nSPS) is 19.8. The summed E-state index contributed by atoms with van der Waals surface area (Å²) in [6.07, 6.45) is 7.05. The molecule has 0 aromatic heterocycles. The van der Waals surface area contributed by atoms with Gasteiger partial charge in [0.15, 0.2) is 0 Å². The van der Waals surface area contributed by atoms with E-state index in [1.54, 1.807) is 0 Å². The number of rotatable bonds is 6. The van der Waals surface area contributed by atoms with Crippen LogP contribution in [0.25, 0.3) is 0 Å². The molecule has 106 valence electrons. The standard InChI is InChI=1S/C19H30/c1-5-10-18(15(2)16-11-9-12-16)19(3,4)17-13-7-6-8-14-17/h6-8,13-16,18H,5,9-12H2,1-4H3. The second-order valence-corrected chi connectivity index (χ2v) is 7.03. The average molecular weight is 258 g/mol. The van der Waals surface area contributed by atoms with Crippen LogP contribution in [0.2, 0.25) is 0 Å². The van der Waals surface area contributed by atoms with Gasteiger partial charge in [0, 0.05) is 0 Å². The predicted octanol–water partition coefficient (Wildman–Crippen LogP) is 5.82. The van der Waals surface area contributed by atoms with Crippen LogP contribution in [0.4, 0.5) is 0 Å². The summed E-state index contributed by atoms with van der Waals surface area (Å²) in [4.78, 5) is 0. The molecule has 2 atom stereocenters. The molecule has 0 spiro atoms. The largest absolute Gasteiger partial charge is 0.0654 e. The van der Waals surface area contributed by atoms with Gasteiger partial charge in [-0.05, 0) is 35.2 Å². The Morgan fingerprint density at radius 3 is 2.26 bits per heavy atom. The fourth-order valence-corrected chi connectivity index (χ4v) is 3.97. The topological polar surface area (TPSA) is 0 Å². The van der Waals surface area contributed by atoms with Gasteiger partial charge < -0.3 is 0 Å². The minimum absolute atomic E-state index is 0.298. The Kier molecular flexibility index (Phi) is 4.71. The minimum Gasteiger partial charge on any atom is -0.0654 e. The van der Waals surface area contributed by atoms with Crippen molar-refractivity contribution in [3.8, 4) is 0 Å². The summed E-state index contributed by atoms with van der Waals surface area (Å²) in [6.45, 7) is 9.76. The van der Waals surface area contributed by atoms with Gasteiger partial charge in [-0.25, -0.2) is 0 Å². The van der Waals surface area contributed by atoms with Crippen molar-refractivity contribution >= 4 is 0 Å². The fourth-order valence-electron chi connectivity index (χ4n) is 3.97. The predicted molar refractivity (Wildman–Crippen MR) is 84.4 cm³/mol. The monoisotopic (exact) mass is 258 g/mol. The van der Waals surface area contributed by atoms with Crippen LogP contribution in [-0.2, 0) is 5.41 Å². The van der Waals surface area contributed by atoms with Crippen LogP contribution < -0.4 is 0 Å². The smallest absolute Gasteiger partial charge is 0.00727 e. The van der Waals surface area contributed by atoms with Crippen LogP contribution in [0.1, 0.15) is 65.4 Å². The van der Waals surface area contributed by atoms with E-state index in [1.165, 1.54) is 37.7 Å². The van der Waals surface area contributed by atoms with Crippen molar-refractivity contribution in [2.24, 2.45) is 17.8 Å². The van der Waals surface area contributed by atoms with Crippen molar-refractivity contribution < 1.29 is 0 Å². The summed E-state index contributed by atoms with van der Waals surface area (Å²) in [5, 5.41) is 0. The van der Waals surface area contributed by atoms with E-state index in [0.29, 0.717) is 5.41 Å². The van der Waals surface area contributed by atoms with Crippen LogP contribution in [0, 0.1) is 17.8 Å². The van der Waals surface area contributed by atoms with Crippen molar-refractivity contribution in [3.05, 3.63) is 35.9 Å². The van der Waals surface area contributed by atoms with Gasteiger partial charge >= 0.3 is 0 Å². The highest BCUT2D eigenvalue weighted by atomic mass is 14.4. The Morgan fingerprint density at radius 1 is 1.16 bits per heavy atom. The van der Waals surface area contributed by atoms with E-state index >= 15 is 0 Å². The van der Waals surface area contributed by atoms with Crippen molar-refractivity contribution in [3.63, 3.8) is 0 Å². The highest BCUT2D eigenvalue weighted by molar-refractivity contribution is 5.25. The summed E-state index contributed by atoms with van der Waals surface area (Å²) in [7, 11) is 0. The molecule has 19 heavy (non-hydrogen) atoms. The molecule has 1 aromatic rings. The molecule has 1 fully saturated rings. The van der Waals surface area contributed by atoms with Crippen molar-refractivity contribution in [2.75, 3.05) is 0 Å². The zero-order valence-corrected chi connectivity index (χ0v) is 13.2. The molecule has 0 radical (unpaired) electrons. The maximum Gasteiger partial charge on any atom is -0.00727 e. The molecule has 2 rings (SSSR count). The Balaban J connectivity index is 2.21. The number of hydrogen-bond acceptors (Lipinski definition) is 0. The van der Waals surface area contributed by atoms with E-state index in [9.17, 15) is 0 Å². The minimum atomic E-state index is 0.298. The first-order chi connectivity index (χ1) is 9.07. The third-order valence-corrected chi connectivity index (χ3v) is 5.57. The summed E-state index contributed by atoms with van der Waals surface area (Å²) < 4.78 is 0. The van der Waals surface area contributed by atoms with Crippen LogP contribution in [-0.4, -0.2) is 0 Å². The van der Waals surface area contributed by atoms with Gasteiger partial charge in [0.25, 0.3) is 0 Å². The third-order valence-electron chi connectivity index (χ3n) is 5.57. The first-order valence-corrected chi connectivity index (χ1v) is 8.13. The van der Waals surface area contributed by atoms with Gasteiger partial charge in [0.1, 0.15) is 0 Å². The van der Waals surface area contributed by atoms with E-state index in [-0.39, 0.29) is 0 Å². The Hall–Kier alpha value is -0.780. The van der Waals surface area contributed by atoms with Crippen molar-refractivity contribution in [2.45, 2.75) is 65.2 Å². The summed E-state index contributed by atoms with van der Waals surface area (Å²) in [5.41, 5.74) is 1.81. The third kappa shape index (κ3) is 3.04. The van der Waals surface area contributed by atoms with Gasteiger partial charge in [-0.2, -0.15) is 0 Å². The molecule has 0 N–H and O–H groups in total. The molecule has 0 heterocycles. The lowest BCUT2D eigenvalue weighted by atomic mass is 9.60. The summed E-state index contributed by atoms with van der Waals surface area (Å²) >= 11 is 0. The van der Waals surface area contributed by atoms with E-state index in [2.05, 4.69) is 58.0 Å². The van der Waals surface area contributed by atoms with Crippen LogP contribution in [0.3, 0.4) is 0 Å². The highest BCUT2D eigenvalue weighted by Crippen LogP contribution is 2.46. The molecule has 2 unspecified atom stereocenters. The lowest BCUT2D eigenvalue weighted by Gasteiger charge is -2.44. The first-order valence-electron chi connectivity index (χ1n) is 8.13. The molecule has 0 amide bonds. The quantitative estimate of drug-likeness (QED) is 0.603. The van der Waals surface area contributed by atoms with Gasteiger partial charge in [0.05, 0.1) is 0 Å². The van der Waals surface area contributed by atoms with Crippen molar-refractivity contribution in [1.82, 2.24) is 0 Å². The molecule has 0 bridgehead atoms. The molecule has 1 aliphatic carbocycles. The average Bonchev–Trinajstić information content (AvgIpc) is 2.34. The maximum absolute atomic E-state index is 2.51. The maximum atomic E-state index is 2.51. The molecule has 0 heteroatoms. The number of hydrogen-bond donors (Lipinski definition) is 0. The van der Waals surface area contributed by atoms with Crippen molar-refractivity contribution in [1.29, 1.82) is 0 Å². The van der Waals surface area contributed by atoms with E-state index in [4.69, 9.17) is 0 Å². The second-order valence-electron chi connectivity index (χ2n) is 7.03. The Labute approximate surface area is 119 Å². The fraction of sp³-hybridized carbons (Fsp3) is 0.684. The van der Waals surface area contributed by atoms with Crippen LogP contribution in [0.15, 0.2) is 30.3 Å². The zero-order chi connectivity index (χ0) is 13.9. The molecular formula is C19H30. The molecule has 0 nitrogen and oxygen atoms in total. The van der Waals surface area contributed by atoms with Crippen LogP contribution in [0.5, 0.6) is 0 Å². The van der Waals surface area contributed by atoms with Gasteiger partial charge in [-0.15, -0.1) is 0 Å². The summed E-state index contributed by atoms with van der Waals surface area (Å²) in [5.74, 6) is 2.66. The Bertz CT molecular complexity index is 372. The van der Waals surface area contributed by atoms with Gasteiger partial charge in [-0.3, -0.25) is 0 Å². The van der Waals surface area contributed by atoms with E-state index in [0.717, 1.165) is 17.8 Å². The molecule has 0 aliphatic heterocycles. The molecule has 1 saturated carbocycles. The Morgan fingerprint density at radius 2 is 1.79 bits per heavy atom. The molecule has 1 aromatic carbocycles. The van der Waals surface area contributed by atoms with Gasteiger partial charge in [-0.1, -0.05) is 83.7 Å². The van der Waals surface area contributed by atoms with Gasteiger partial charge in [0.2, 0.25) is 0 Å².